The molecule has 0 heterocycles. The number of halogens is 2. The largest absolute Gasteiger partial charge is 0.345 e. The van der Waals surface area contributed by atoms with Gasteiger partial charge in [0.1, 0.15) is 5.82 Å². The van der Waals surface area contributed by atoms with Crippen LogP contribution >= 0.6 is 11.6 Å². The van der Waals surface area contributed by atoms with Crippen LogP contribution in [0.3, 0.4) is 0 Å². The Hall–Kier alpha value is -1.09. The quantitative estimate of drug-likeness (QED) is 0.838. The number of amides is 1. The predicted octanol–water partition coefficient (Wildman–Crippen LogP) is 4.05. The van der Waals surface area contributed by atoms with E-state index in [1.54, 1.807) is 13.0 Å². The number of aryl methyl sites for hydroxylation is 1. The lowest BCUT2D eigenvalue weighted by Crippen LogP contribution is -2.52. The van der Waals surface area contributed by atoms with Gasteiger partial charge < -0.3 is 5.32 Å². The Morgan fingerprint density at radius 1 is 1.45 bits per heavy atom. The van der Waals surface area contributed by atoms with E-state index in [2.05, 4.69) is 12.2 Å². The Morgan fingerprint density at radius 2 is 2.10 bits per heavy atom. The lowest BCUT2D eigenvalue weighted by atomic mass is 9.78. The summed E-state index contributed by atoms with van der Waals surface area (Å²) in [6.45, 7) is 3.88. The van der Waals surface area contributed by atoms with Crippen LogP contribution in [-0.2, 0) is 0 Å². The molecule has 0 saturated heterocycles. The number of alkyl halides is 1. The van der Waals surface area contributed by atoms with Crippen molar-refractivity contribution in [3.8, 4) is 0 Å². The van der Waals surface area contributed by atoms with Crippen LogP contribution in [0.4, 0.5) is 4.39 Å². The van der Waals surface area contributed by atoms with Gasteiger partial charge in [-0.05, 0) is 62.3 Å². The minimum absolute atomic E-state index is 0.164. The summed E-state index contributed by atoms with van der Waals surface area (Å²) < 4.78 is 13.3. The smallest absolute Gasteiger partial charge is 0.251 e. The van der Waals surface area contributed by atoms with Gasteiger partial charge in [0.25, 0.3) is 5.91 Å². The first-order chi connectivity index (χ1) is 9.46. The average Bonchev–Trinajstić information content (AvgIpc) is 2.44. The van der Waals surface area contributed by atoms with Gasteiger partial charge in [0.2, 0.25) is 0 Å². The van der Waals surface area contributed by atoms with Gasteiger partial charge in [-0.25, -0.2) is 4.39 Å². The number of hydrogen-bond acceptors (Lipinski definition) is 1. The standard InChI is InChI=1S/C16H21ClFNO/c1-11-5-7-16(10-17,8-6-11)19-15(20)13-3-4-14(18)12(2)9-13/h3-4,9,11H,5-8,10H2,1-2H3,(H,19,20). The van der Waals surface area contributed by atoms with E-state index in [1.165, 1.54) is 12.1 Å². The van der Waals surface area contributed by atoms with Crippen LogP contribution in [0.1, 0.15) is 48.5 Å². The number of hydrogen-bond donors (Lipinski definition) is 1. The van der Waals surface area contributed by atoms with Crippen molar-refractivity contribution >= 4 is 17.5 Å². The van der Waals surface area contributed by atoms with Gasteiger partial charge in [-0.3, -0.25) is 4.79 Å². The molecular weight excluding hydrogens is 277 g/mol. The van der Waals surface area contributed by atoms with Crippen molar-refractivity contribution in [2.45, 2.75) is 45.1 Å². The molecule has 1 fully saturated rings. The summed E-state index contributed by atoms with van der Waals surface area (Å²) in [7, 11) is 0. The third-order valence-electron chi connectivity index (χ3n) is 4.29. The fourth-order valence-corrected chi connectivity index (χ4v) is 3.04. The molecule has 0 atom stereocenters. The Bertz CT molecular complexity index is 495. The van der Waals surface area contributed by atoms with Crippen molar-refractivity contribution in [1.29, 1.82) is 0 Å². The highest BCUT2D eigenvalue weighted by molar-refractivity contribution is 6.19. The number of carbonyl (C=O) groups is 1. The Morgan fingerprint density at radius 3 is 2.65 bits per heavy atom. The minimum atomic E-state index is -0.312. The fourth-order valence-electron chi connectivity index (χ4n) is 2.71. The predicted molar refractivity (Wildman–Crippen MR) is 79.7 cm³/mol. The van der Waals surface area contributed by atoms with Crippen LogP contribution in [0.2, 0.25) is 0 Å². The highest BCUT2D eigenvalue weighted by atomic mass is 35.5. The molecule has 0 aromatic heterocycles. The van der Waals surface area contributed by atoms with Crippen LogP contribution in [0.5, 0.6) is 0 Å². The maximum Gasteiger partial charge on any atom is 0.251 e. The summed E-state index contributed by atoms with van der Waals surface area (Å²) in [6.07, 6.45) is 3.97. The van der Waals surface area contributed by atoms with Crippen molar-refractivity contribution < 1.29 is 9.18 Å². The van der Waals surface area contributed by atoms with Gasteiger partial charge in [0.15, 0.2) is 0 Å². The molecule has 1 aromatic carbocycles. The second-order valence-corrected chi connectivity index (χ2v) is 6.28. The van der Waals surface area contributed by atoms with Crippen molar-refractivity contribution in [2.75, 3.05) is 5.88 Å². The zero-order valence-electron chi connectivity index (χ0n) is 12.0. The van der Waals surface area contributed by atoms with Gasteiger partial charge in [0.05, 0.1) is 5.54 Å². The van der Waals surface area contributed by atoms with Crippen LogP contribution in [0.25, 0.3) is 0 Å². The number of rotatable bonds is 3. The zero-order chi connectivity index (χ0) is 14.8. The van der Waals surface area contributed by atoms with E-state index in [0.29, 0.717) is 22.9 Å². The van der Waals surface area contributed by atoms with Crippen LogP contribution in [0, 0.1) is 18.7 Å². The molecule has 0 unspecified atom stereocenters. The normalized spacial score (nSPS) is 26.3. The summed E-state index contributed by atoms with van der Waals surface area (Å²) in [5.74, 6) is 0.658. The second kappa shape index (κ2) is 6.13. The van der Waals surface area contributed by atoms with Crippen LogP contribution < -0.4 is 5.32 Å². The van der Waals surface area contributed by atoms with Crippen molar-refractivity contribution in [1.82, 2.24) is 5.32 Å². The van der Waals surface area contributed by atoms with E-state index in [4.69, 9.17) is 11.6 Å². The van der Waals surface area contributed by atoms with Gasteiger partial charge in [-0.15, -0.1) is 11.6 Å². The molecule has 1 aliphatic rings. The molecule has 0 spiro atoms. The first kappa shape index (κ1) is 15.3. The molecular formula is C16H21ClFNO. The van der Waals surface area contributed by atoms with E-state index >= 15 is 0 Å². The third kappa shape index (κ3) is 3.32. The highest BCUT2D eigenvalue weighted by Crippen LogP contribution is 2.33. The van der Waals surface area contributed by atoms with E-state index in [9.17, 15) is 9.18 Å². The van der Waals surface area contributed by atoms with Crippen molar-refractivity contribution in [2.24, 2.45) is 5.92 Å². The van der Waals surface area contributed by atoms with Crippen molar-refractivity contribution in [3.05, 3.63) is 35.1 Å². The molecule has 110 valence electrons. The summed E-state index contributed by atoms with van der Waals surface area (Å²) in [5.41, 5.74) is 0.662. The molecule has 4 heteroatoms. The van der Waals surface area contributed by atoms with E-state index in [-0.39, 0.29) is 17.3 Å². The molecule has 1 aromatic rings. The fraction of sp³-hybridized carbons (Fsp3) is 0.562. The molecule has 0 radical (unpaired) electrons. The van der Waals surface area contributed by atoms with Crippen LogP contribution in [0.15, 0.2) is 18.2 Å². The molecule has 0 aliphatic heterocycles. The van der Waals surface area contributed by atoms with Crippen molar-refractivity contribution in [3.63, 3.8) is 0 Å². The van der Waals surface area contributed by atoms with Gasteiger partial charge in [-0.2, -0.15) is 0 Å². The highest BCUT2D eigenvalue weighted by Gasteiger charge is 2.35. The van der Waals surface area contributed by atoms with Gasteiger partial charge in [-0.1, -0.05) is 6.92 Å². The Labute approximate surface area is 124 Å². The summed E-state index contributed by atoms with van der Waals surface area (Å²) in [6, 6.07) is 4.43. The molecule has 1 saturated carbocycles. The average molecular weight is 298 g/mol. The lowest BCUT2D eigenvalue weighted by Gasteiger charge is -2.38. The first-order valence-electron chi connectivity index (χ1n) is 7.10. The minimum Gasteiger partial charge on any atom is -0.345 e. The molecule has 1 N–H and O–H groups in total. The van der Waals surface area contributed by atoms with Crippen LogP contribution in [-0.4, -0.2) is 17.3 Å². The molecule has 0 bridgehead atoms. The summed E-state index contributed by atoms with van der Waals surface area (Å²) in [4.78, 5) is 12.3. The Balaban J connectivity index is 2.11. The SMILES string of the molecule is Cc1cc(C(=O)NC2(CCl)CCC(C)CC2)ccc1F. The maximum absolute atomic E-state index is 13.3. The molecule has 20 heavy (non-hydrogen) atoms. The summed E-state index contributed by atoms with van der Waals surface area (Å²) >= 11 is 6.10. The maximum atomic E-state index is 13.3. The monoisotopic (exact) mass is 297 g/mol. The van der Waals surface area contributed by atoms with Gasteiger partial charge in [0, 0.05) is 11.4 Å². The Kier molecular flexibility index (Phi) is 4.69. The topological polar surface area (TPSA) is 29.1 Å². The first-order valence-corrected chi connectivity index (χ1v) is 7.64. The molecule has 1 amide bonds. The second-order valence-electron chi connectivity index (χ2n) is 6.01. The number of nitrogens with one attached hydrogen (secondary N) is 1. The third-order valence-corrected chi connectivity index (χ3v) is 4.80. The summed E-state index contributed by atoms with van der Waals surface area (Å²) in [5, 5.41) is 3.07. The lowest BCUT2D eigenvalue weighted by molar-refractivity contribution is 0.0872. The van der Waals surface area contributed by atoms with E-state index in [1.807, 2.05) is 0 Å². The molecule has 2 rings (SSSR count). The molecule has 1 aliphatic carbocycles. The zero-order valence-corrected chi connectivity index (χ0v) is 12.8. The number of benzene rings is 1. The van der Waals surface area contributed by atoms with E-state index in [0.717, 1.165) is 25.7 Å². The van der Waals surface area contributed by atoms with Gasteiger partial charge >= 0.3 is 0 Å². The molecule has 2 nitrogen and oxygen atoms in total. The number of carbonyl (C=O) groups excluding carboxylic acids is 1. The van der Waals surface area contributed by atoms with E-state index < -0.39 is 0 Å².